The van der Waals surface area contributed by atoms with Crippen LogP contribution in [-0.4, -0.2) is 54.7 Å². The molecule has 100 valence electrons. The van der Waals surface area contributed by atoms with Crippen LogP contribution in [0, 0.1) is 6.92 Å². The number of thiazole rings is 1. The van der Waals surface area contributed by atoms with Crippen molar-refractivity contribution in [1.82, 2.24) is 14.2 Å². The monoisotopic (exact) mass is 290 g/mol. The summed E-state index contributed by atoms with van der Waals surface area (Å²) in [4.78, 5) is 18.4. The molecule has 0 unspecified atom stereocenters. The highest BCUT2D eigenvalue weighted by Crippen LogP contribution is 2.16. The van der Waals surface area contributed by atoms with E-state index in [1.54, 1.807) is 17.3 Å². The number of aryl methyl sites for hydroxylation is 1. The van der Waals surface area contributed by atoms with Crippen LogP contribution < -0.4 is 5.14 Å². The van der Waals surface area contributed by atoms with E-state index in [4.69, 9.17) is 5.14 Å². The van der Waals surface area contributed by atoms with Gasteiger partial charge in [0.2, 0.25) is 0 Å². The lowest BCUT2D eigenvalue weighted by Crippen LogP contribution is -2.52. The number of amides is 1. The molecule has 1 amide bonds. The molecule has 2 heterocycles. The largest absolute Gasteiger partial charge is 0.335 e. The van der Waals surface area contributed by atoms with Crippen molar-refractivity contribution in [2.24, 2.45) is 5.14 Å². The molecule has 0 radical (unpaired) electrons. The van der Waals surface area contributed by atoms with Crippen molar-refractivity contribution in [1.29, 1.82) is 0 Å². The molecule has 0 bridgehead atoms. The molecule has 7 nitrogen and oxygen atoms in total. The molecule has 0 atom stereocenters. The Kier molecular flexibility index (Phi) is 3.66. The molecule has 1 fully saturated rings. The topological polar surface area (TPSA) is 96.6 Å². The number of nitrogens with two attached hydrogens (primary N) is 1. The molecule has 18 heavy (non-hydrogen) atoms. The van der Waals surface area contributed by atoms with Crippen LogP contribution in [0.15, 0.2) is 5.51 Å². The van der Waals surface area contributed by atoms with E-state index in [9.17, 15) is 13.2 Å². The number of hydrogen-bond acceptors (Lipinski definition) is 5. The van der Waals surface area contributed by atoms with E-state index in [2.05, 4.69) is 4.98 Å². The smallest absolute Gasteiger partial charge is 0.277 e. The summed E-state index contributed by atoms with van der Waals surface area (Å²) in [5.41, 5.74) is 2.34. The maximum absolute atomic E-state index is 12.1. The van der Waals surface area contributed by atoms with Gasteiger partial charge in [0.15, 0.2) is 0 Å². The van der Waals surface area contributed by atoms with Crippen molar-refractivity contribution in [2.45, 2.75) is 6.92 Å². The van der Waals surface area contributed by atoms with E-state index in [1.165, 1.54) is 15.6 Å². The summed E-state index contributed by atoms with van der Waals surface area (Å²) >= 11 is 1.30. The summed E-state index contributed by atoms with van der Waals surface area (Å²) in [5, 5.41) is 5.04. The minimum absolute atomic E-state index is 0.0935. The van der Waals surface area contributed by atoms with Crippen molar-refractivity contribution in [3.05, 3.63) is 16.1 Å². The molecule has 1 saturated heterocycles. The molecule has 1 aliphatic rings. The van der Waals surface area contributed by atoms with Gasteiger partial charge in [-0.15, -0.1) is 11.3 Å². The Morgan fingerprint density at radius 2 is 2.00 bits per heavy atom. The minimum atomic E-state index is -3.65. The van der Waals surface area contributed by atoms with E-state index in [1.807, 2.05) is 0 Å². The lowest BCUT2D eigenvalue weighted by molar-refractivity contribution is 0.0702. The molecule has 1 aromatic heterocycles. The molecule has 1 aliphatic heterocycles. The zero-order valence-electron chi connectivity index (χ0n) is 9.87. The quantitative estimate of drug-likeness (QED) is 0.787. The van der Waals surface area contributed by atoms with Gasteiger partial charge in [-0.3, -0.25) is 4.79 Å². The number of piperazine rings is 1. The first-order valence-electron chi connectivity index (χ1n) is 5.37. The van der Waals surface area contributed by atoms with E-state index >= 15 is 0 Å². The van der Waals surface area contributed by atoms with Gasteiger partial charge in [0, 0.05) is 26.2 Å². The standard InChI is InChI=1S/C9H14N4O3S2/c1-7-8(17-6-11-7)9(14)12-2-4-13(5-3-12)18(10,15)16/h6H,2-5H2,1H3,(H2,10,15,16). The van der Waals surface area contributed by atoms with Gasteiger partial charge in [-0.25, -0.2) is 10.1 Å². The van der Waals surface area contributed by atoms with Crippen LogP contribution in [0.1, 0.15) is 15.4 Å². The summed E-state index contributed by atoms with van der Waals surface area (Å²) in [6.45, 7) is 2.97. The van der Waals surface area contributed by atoms with E-state index in [0.29, 0.717) is 23.7 Å². The second kappa shape index (κ2) is 4.92. The molecule has 2 rings (SSSR count). The molecule has 9 heteroatoms. The molecule has 0 saturated carbocycles. The lowest BCUT2D eigenvalue weighted by atomic mass is 10.3. The zero-order valence-corrected chi connectivity index (χ0v) is 11.5. The predicted molar refractivity (Wildman–Crippen MR) is 67.4 cm³/mol. The first kappa shape index (κ1) is 13.4. The minimum Gasteiger partial charge on any atom is -0.335 e. The fourth-order valence-electron chi connectivity index (χ4n) is 1.80. The second-order valence-electron chi connectivity index (χ2n) is 4.00. The van der Waals surface area contributed by atoms with Gasteiger partial charge >= 0.3 is 0 Å². The third-order valence-corrected chi connectivity index (χ3v) is 4.83. The molecule has 0 aliphatic carbocycles. The van der Waals surface area contributed by atoms with Gasteiger partial charge in [0.05, 0.1) is 11.2 Å². The van der Waals surface area contributed by atoms with Gasteiger partial charge in [-0.05, 0) is 6.92 Å². The van der Waals surface area contributed by atoms with Crippen LogP contribution in [0.2, 0.25) is 0 Å². The first-order valence-corrected chi connectivity index (χ1v) is 7.75. The van der Waals surface area contributed by atoms with Crippen molar-refractivity contribution in [3.8, 4) is 0 Å². The highest BCUT2D eigenvalue weighted by molar-refractivity contribution is 7.86. The Morgan fingerprint density at radius 3 is 2.44 bits per heavy atom. The van der Waals surface area contributed by atoms with Gasteiger partial charge in [-0.2, -0.15) is 12.7 Å². The maximum Gasteiger partial charge on any atom is 0.277 e. The summed E-state index contributed by atoms with van der Waals surface area (Å²) in [6, 6.07) is 0. The van der Waals surface area contributed by atoms with Crippen LogP contribution in [0.25, 0.3) is 0 Å². The maximum atomic E-state index is 12.1. The Bertz CT molecular complexity index is 546. The fourth-order valence-corrected chi connectivity index (χ4v) is 3.24. The molecule has 2 N–H and O–H groups in total. The Hall–Kier alpha value is -1.03. The summed E-state index contributed by atoms with van der Waals surface area (Å²) in [5.74, 6) is -0.0935. The second-order valence-corrected chi connectivity index (χ2v) is 6.40. The molecular formula is C9H14N4O3S2. The Morgan fingerprint density at radius 1 is 1.39 bits per heavy atom. The molecular weight excluding hydrogens is 276 g/mol. The third-order valence-electron chi connectivity index (χ3n) is 2.83. The van der Waals surface area contributed by atoms with Crippen molar-refractivity contribution < 1.29 is 13.2 Å². The van der Waals surface area contributed by atoms with Crippen LogP contribution in [0.4, 0.5) is 0 Å². The number of carbonyl (C=O) groups is 1. The SMILES string of the molecule is Cc1ncsc1C(=O)N1CCN(S(N)(=O)=O)CC1. The highest BCUT2D eigenvalue weighted by Gasteiger charge is 2.28. The summed E-state index contributed by atoms with van der Waals surface area (Å²) in [6.07, 6.45) is 0. The summed E-state index contributed by atoms with van der Waals surface area (Å²) in [7, 11) is -3.65. The van der Waals surface area contributed by atoms with E-state index in [0.717, 1.165) is 0 Å². The van der Waals surface area contributed by atoms with Gasteiger partial charge in [0.25, 0.3) is 16.1 Å². The van der Waals surface area contributed by atoms with Crippen LogP contribution in [0.3, 0.4) is 0 Å². The number of aromatic nitrogens is 1. The van der Waals surface area contributed by atoms with Crippen LogP contribution in [0.5, 0.6) is 0 Å². The summed E-state index contributed by atoms with van der Waals surface area (Å²) < 4.78 is 23.5. The normalized spacial score (nSPS) is 18.0. The van der Waals surface area contributed by atoms with Crippen LogP contribution in [-0.2, 0) is 10.2 Å². The number of rotatable bonds is 2. The van der Waals surface area contributed by atoms with Gasteiger partial charge < -0.3 is 4.90 Å². The fraction of sp³-hybridized carbons (Fsp3) is 0.556. The molecule has 0 spiro atoms. The number of carbonyl (C=O) groups excluding carboxylic acids is 1. The predicted octanol–water partition coefficient (Wildman–Crippen LogP) is -0.587. The number of nitrogens with zero attached hydrogens (tertiary/aromatic N) is 3. The highest BCUT2D eigenvalue weighted by atomic mass is 32.2. The Balaban J connectivity index is 2.03. The van der Waals surface area contributed by atoms with Gasteiger partial charge in [0.1, 0.15) is 4.88 Å². The average Bonchev–Trinajstić information content (AvgIpc) is 2.73. The van der Waals surface area contributed by atoms with Crippen molar-refractivity contribution >= 4 is 27.5 Å². The van der Waals surface area contributed by atoms with Gasteiger partial charge in [-0.1, -0.05) is 0 Å². The average molecular weight is 290 g/mol. The Labute approximate surface area is 109 Å². The van der Waals surface area contributed by atoms with Crippen LogP contribution >= 0.6 is 11.3 Å². The number of hydrogen-bond donors (Lipinski definition) is 1. The van der Waals surface area contributed by atoms with Crippen molar-refractivity contribution in [3.63, 3.8) is 0 Å². The first-order chi connectivity index (χ1) is 8.39. The molecule has 1 aromatic rings. The molecule has 0 aromatic carbocycles. The van der Waals surface area contributed by atoms with Crippen molar-refractivity contribution in [2.75, 3.05) is 26.2 Å². The van der Waals surface area contributed by atoms with E-state index < -0.39 is 10.2 Å². The lowest BCUT2D eigenvalue weighted by Gasteiger charge is -2.32. The van der Waals surface area contributed by atoms with E-state index in [-0.39, 0.29) is 19.0 Å². The zero-order chi connectivity index (χ0) is 13.3. The third kappa shape index (κ3) is 2.69.